The van der Waals surface area contributed by atoms with Gasteiger partial charge >= 0.3 is 0 Å². The van der Waals surface area contributed by atoms with Gasteiger partial charge in [0.05, 0.1) is 18.7 Å². The first-order valence-corrected chi connectivity index (χ1v) is 8.44. The third-order valence-corrected chi connectivity index (χ3v) is 4.34. The van der Waals surface area contributed by atoms with Crippen molar-refractivity contribution in [1.82, 2.24) is 9.97 Å². The lowest BCUT2D eigenvalue weighted by Gasteiger charge is -2.15. The molecule has 0 radical (unpaired) electrons. The van der Waals surface area contributed by atoms with Crippen LogP contribution in [0.5, 0.6) is 5.75 Å². The molecule has 1 unspecified atom stereocenters. The summed E-state index contributed by atoms with van der Waals surface area (Å²) >= 11 is 0. The van der Waals surface area contributed by atoms with Gasteiger partial charge in [-0.05, 0) is 31.2 Å². The number of fused-ring (bicyclic) bond motifs is 2. The fraction of sp³-hybridized carbons (Fsp3) is 0.200. The summed E-state index contributed by atoms with van der Waals surface area (Å²) in [6.45, 7) is 1.88. The minimum Gasteiger partial charge on any atom is -0.493 e. The van der Waals surface area contributed by atoms with Gasteiger partial charge in [0, 0.05) is 10.8 Å². The van der Waals surface area contributed by atoms with E-state index in [1.807, 2.05) is 37.3 Å². The summed E-state index contributed by atoms with van der Waals surface area (Å²) in [7, 11) is 1.58. The summed E-state index contributed by atoms with van der Waals surface area (Å²) in [5, 5.41) is 4.75. The van der Waals surface area contributed by atoms with Crippen molar-refractivity contribution in [3.05, 3.63) is 60.1 Å². The van der Waals surface area contributed by atoms with Crippen LogP contribution in [0.1, 0.15) is 31.0 Å². The fourth-order valence-electron chi connectivity index (χ4n) is 3.01. The Balaban J connectivity index is 1.73. The Kier molecular flexibility index (Phi) is 4.35. The molecule has 0 aliphatic rings. The number of benzene rings is 2. The predicted molar refractivity (Wildman–Crippen MR) is 99.3 cm³/mol. The van der Waals surface area contributed by atoms with Gasteiger partial charge in [0.1, 0.15) is 11.6 Å². The van der Waals surface area contributed by atoms with Crippen molar-refractivity contribution in [2.24, 2.45) is 0 Å². The molecule has 2 aromatic heterocycles. The molecule has 2 heterocycles. The minimum atomic E-state index is -2.75. The molecule has 0 saturated carbocycles. The van der Waals surface area contributed by atoms with Crippen LogP contribution in [0.25, 0.3) is 21.9 Å². The number of aromatic nitrogens is 2. The van der Waals surface area contributed by atoms with E-state index in [2.05, 4.69) is 15.3 Å². The highest BCUT2D eigenvalue weighted by Crippen LogP contribution is 2.33. The van der Waals surface area contributed by atoms with Gasteiger partial charge in [0.25, 0.3) is 6.43 Å². The Morgan fingerprint density at radius 3 is 2.67 bits per heavy atom. The Labute approximate surface area is 154 Å². The van der Waals surface area contributed by atoms with Gasteiger partial charge in [-0.15, -0.1) is 0 Å². The number of methoxy groups -OCH3 is 1. The van der Waals surface area contributed by atoms with Crippen LogP contribution in [0.2, 0.25) is 0 Å². The van der Waals surface area contributed by atoms with E-state index < -0.39 is 12.2 Å². The molecule has 0 fully saturated rings. The molecule has 27 heavy (non-hydrogen) atoms. The molecule has 4 rings (SSSR count). The second kappa shape index (κ2) is 6.83. The standard InChI is InChI=1S/C20H17F2N3O2/c1-11(16-10-12-6-5-9-15(26-2)17(12)27-16)23-19-13-7-3-4-8-14(13)24-20(25-19)18(21)22/h3-11,18H,1-2H3,(H,23,24,25). The molecule has 1 atom stereocenters. The number of halogens is 2. The minimum absolute atomic E-state index is 0.300. The van der Waals surface area contributed by atoms with Crippen molar-refractivity contribution >= 4 is 27.7 Å². The summed E-state index contributed by atoms with van der Waals surface area (Å²) < 4.78 is 37.6. The monoisotopic (exact) mass is 369 g/mol. The van der Waals surface area contributed by atoms with Gasteiger partial charge in [-0.2, -0.15) is 0 Å². The lowest BCUT2D eigenvalue weighted by molar-refractivity contribution is 0.141. The quantitative estimate of drug-likeness (QED) is 0.504. The number of nitrogens with zero attached hydrogens (tertiary/aromatic N) is 2. The van der Waals surface area contributed by atoms with Crippen LogP contribution in [0.15, 0.2) is 52.9 Å². The van der Waals surface area contributed by atoms with E-state index in [0.717, 1.165) is 5.39 Å². The normalized spacial score (nSPS) is 12.6. The summed E-state index contributed by atoms with van der Waals surface area (Å²) in [6.07, 6.45) is -2.75. The smallest absolute Gasteiger partial charge is 0.297 e. The van der Waals surface area contributed by atoms with Crippen LogP contribution in [0.4, 0.5) is 14.6 Å². The molecule has 0 spiro atoms. The Bertz CT molecular complexity index is 1110. The molecule has 0 aliphatic carbocycles. The maximum absolute atomic E-state index is 13.2. The number of para-hydroxylation sites is 2. The van der Waals surface area contributed by atoms with Crippen molar-refractivity contribution in [2.45, 2.75) is 19.4 Å². The molecule has 0 bridgehead atoms. The van der Waals surface area contributed by atoms with Crippen LogP contribution in [-0.4, -0.2) is 17.1 Å². The lowest BCUT2D eigenvalue weighted by atomic mass is 10.2. The van der Waals surface area contributed by atoms with Crippen LogP contribution >= 0.6 is 0 Å². The molecular weight excluding hydrogens is 352 g/mol. The molecule has 5 nitrogen and oxygen atoms in total. The second-order valence-corrected chi connectivity index (χ2v) is 6.14. The number of rotatable bonds is 5. The van der Waals surface area contributed by atoms with E-state index in [1.54, 1.807) is 25.3 Å². The van der Waals surface area contributed by atoms with E-state index >= 15 is 0 Å². The number of anilines is 1. The SMILES string of the molecule is COc1cccc2cc(C(C)Nc3nc(C(F)F)nc4ccccc34)oc12. The predicted octanol–water partition coefficient (Wildman–Crippen LogP) is 5.50. The molecular formula is C20H17F2N3O2. The Morgan fingerprint density at radius 1 is 1.07 bits per heavy atom. The van der Waals surface area contributed by atoms with Gasteiger partial charge in [0.15, 0.2) is 17.2 Å². The number of alkyl halides is 2. The van der Waals surface area contributed by atoms with Crippen LogP contribution in [0, 0.1) is 0 Å². The molecule has 2 aromatic carbocycles. The summed E-state index contributed by atoms with van der Waals surface area (Å²) in [6, 6.07) is 14.3. The van der Waals surface area contributed by atoms with Gasteiger partial charge in [-0.25, -0.2) is 18.7 Å². The zero-order valence-electron chi connectivity index (χ0n) is 14.7. The first-order chi connectivity index (χ1) is 13.1. The van der Waals surface area contributed by atoms with E-state index in [0.29, 0.717) is 33.8 Å². The summed E-state index contributed by atoms with van der Waals surface area (Å²) in [4.78, 5) is 7.95. The number of hydrogen-bond acceptors (Lipinski definition) is 5. The van der Waals surface area contributed by atoms with Crippen molar-refractivity contribution in [1.29, 1.82) is 0 Å². The lowest BCUT2D eigenvalue weighted by Crippen LogP contribution is -2.10. The third-order valence-electron chi connectivity index (χ3n) is 4.34. The third kappa shape index (κ3) is 3.16. The maximum atomic E-state index is 13.2. The highest BCUT2D eigenvalue weighted by Gasteiger charge is 2.19. The van der Waals surface area contributed by atoms with E-state index in [9.17, 15) is 8.78 Å². The van der Waals surface area contributed by atoms with Gasteiger partial charge < -0.3 is 14.5 Å². The first-order valence-electron chi connectivity index (χ1n) is 8.44. The van der Waals surface area contributed by atoms with Crippen molar-refractivity contribution in [3.63, 3.8) is 0 Å². The molecule has 1 N–H and O–H groups in total. The number of nitrogens with one attached hydrogen (secondary N) is 1. The molecule has 0 amide bonds. The van der Waals surface area contributed by atoms with Gasteiger partial charge in [-0.3, -0.25) is 0 Å². The number of hydrogen-bond donors (Lipinski definition) is 1. The van der Waals surface area contributed by atoms with E-state index in [-0.39, 0.29) is 6.04 Å². The summed E-state index contributed by atoms with van der Waals surface area (Å²) in [5.74, 6) is 1.12. The molecule has 0 saturated heterocycles. The van der Waals surface area contributed by atoms with Crippen molar-refractivity contribution in [2.75, 3.05) is 12.4 Å². The van der Waals surface area contributed by atoms with E-state index in [1.165, 1.54) is 0 Å². The van der Waals surface area contributed by atoms with Crippen LogP contribution < -0.4 is 10.1 Å². The van der Waals surface area contributed by atoms with Crippen molar-refractivity contribution in [3.8, 4) is 5.75 Å². The molecule has 4 aromatic rings. The van der Waals surface area contributed by atoms with Gasteiger partial charge in [0.2, 0.25) is 0 Å². The highest BCUT2D eigenvalue weighted by molar-refractivity contribution is 5.89. The topological polar surface area (TPSA) is 60.2 Å². The summed E-state index contributed by atoms with van der Waals surface area (Å²) in [5.41, 5.74) is 1.10. The fourth-order valence-corrected chi connectivity index (χ4v) is 3.01. The van der Waals surface area contributed by atoms with Crippen LogP contribution in [-0.2, 0) is 0 Å². The first kappa shape index (κ1) is 17.2. The maximum Gasteiger partial charge on any atom is 0.297 e. The number of ether oxygens (including phenoxy) is 1. The second-order valence-electron chi connectivity index (χ2n) is 6.14. The average Bonchev–Trinajstić information content (AvgIpc) is 3.12. The Morgan fingerprint density at radius 2 is 1.89 bits per heavy atom. The highest BCUT2D eigenvalue weighted by atomic mass is 19.3. The van der Waals surface area contributed by atoms with E-state index in [4.69, 9.17) is 9.15 Å². The molecule has 138 valence electrons. The molecule has 0 aliphatic heterocycles. The van der Waals surface area contributed by atoms with Crippen LogP contribution in [0.3, 0.4) is 0 Å². The number of furan rings is 1. The van der Waals surface area contributed by atoms with Gasteiger partial charge in [-0.1, -0.05) is 24.3 Å². The average molecular weight is 369 g/mol. The van der Waals surface area contributed by atoms with Crippen molar-refractivity contribution < 1.29 is 17.9 Å². The largest absolute Gasteiger partial charge is 0.493 e. The zero-order valence-corrected chi connectivity index (χ0v) is 14.7. The zero-order chi connectivity index (χ0) is 19.0. The molecule has 7 heteroatoms. The Hall–Kier alpha value is -3.22.